The number of thioether (sulfide) groups is 1. The maximum atomic E-state index is 13.0. The van der Waals surface area contributed by atoms with Crippen LogP contribution in [0.4, 0.5) is 10.1 Å². The van der Waals surface area contributed by atoms with Crippen LogP contribution in [-0.2, 0) is 4.79 Å². The van der Waals surface area contributed by atoms with Crippen LogP contribution in [0.25, 0.3) is 4.96 Å². The van der Waals surface area contributed by atoms with Crippen molar-refractivity contribution in [2.45, 2.75) is 11.3 Å². The molecule has 0 spiro atoms. The molecule has 3 rings (SSSR count). The number of carbonyl (C=O) groups excluding carboxylic acids is 1. The van der Waals surface area contributed by atoms with E-state index in [0.717, 1.165) is 4.34 Å². The van der Waals surface area contributed by atoms with Crippen LogP contribution in [0.1, 0.15) is 5.56 Å². The Hall–Kier alpha value is -2.00. The molecule has 0 fully saturated rings. The molecule has 0 unspecified atom stereocenters. The molecular formula is C12H10FN5OS2. The minimum Gasteiger partial charge on any atom is -0.325 e. The maximum absolute atomic E-state index is 13.0. The fourth-order valence-corrected chi connectivity index (χ4v) is 3.34. The van der Waals surface area contributed by atoms with Crippen LogP contribution < -0.4 is 5.32 Å². The molecule has 6 nitrogen and oxygen atoms in total. The van der Waals surface area contributed by atoms with Crippen molar-refractivity contribution in [3.8, 4) is 0 Å². The third-order valence-electron chi connectivity index (χ3n) is 2.66. The van der Waals surface area contributed by atoms with Crippen molar-refractivity contribution in [2.75, 3.05) is 11.1 Å². The quantitative estimate of drug-likeness (QED) is 0.746. The molecule has 2 heterocycles. The van der Waals surface area contributed by atoms with E-state index in [1.54, 1.807) is 17.5 Å². The highest BCUT2D eigenvalue weighted by atomic mass is 32.2. The summed E-state index contributed by atoms with van der Waals surface area (Å²) < 4.78 is 15.3. The van der Waals surface area contributed by atoms with E-state index in [1.165, 1.54) is 41.6 Å². The average Bonchev–Trinajstić information content (AvgIpc) is 3.00. The zero-order valence-electron chi connectivity index (χ0n) is 10.9. The highest BCUT2D eigenvalue weighted by molar-refractivity contribution is 8.01. The van der Waals surface area contributed by atoms with E-state index in [-0.39, 0.29) is 17.5 Å². The Kier molecular flexibility index (Phi) is 3.84. The van der Waals surface area contributed by atoms with Gasteiger partial charge in [0.1, 0.15) is 12.1 Å². The summed E-state index contributed by atoms with van der Waals surface area (Å²) in [5.74, 6) is -0.263. The summed E-state index contributed by atoms with van der Waals surface area (Å²) in [7, 11) is 0. The van der Waals surface area contributed by atoms with Crippen molar-refractivity contribution >= 4 is 39.7 Å². The molecule has 21 heavy (non-hydrogen) atoms. The van der Waals surface area contributed by atoms with Crippen molar-refractivity contribution in [1.29, 1.82) is 0 Å². The van der Waals surface area contributed by atoms with E-state index >= 15 is 0 Å². The first-order valence-electron chi connectivity index (χ1n) is 5.97. The number of amides is 1. The van der Waals surface area contributed by atoms with Gasteiger partial charge in [0.2, 0.25) is 10.9 Å². The summed E-state index contributed by atoms with van der Waals surface area (Å²) in [5, 5.41) is 14.6. The predicted octanol–water partition coefficient (Wildman–Crippen LogP) is 2.36. The predicted molar refractivity (Wildman–Crippen MR) is 79.1 cm³/mol. The highest BCUT2D eigenvalue weighted by Gasteiger charge is 2.10. The molecule has 0 atom stereocenters. The van der Waals surface area contributed by atoms with Gasteiger partial charge in [-0.3, -0.25) is 4.79 Å². The molecule has 0 aliphatic carbocycles. The monoisotopic (exact) mass is 323 g/mol. The Balaban J connectivity index is 1.60. The normalized spacial score (nSPS) is 11.0. The number of nitrogens with zero attached hydrogens (tertiary/aromatic N) is 4. The second-order valence-electron chi connectivity index (χ2n) is 4.22. The van der Waals surface area contributed by atoms with E-state index in [0.29, 0.717) is 16.2 Å². The molecule has 0 bridgehead atoms. The molecule has 108 valence electrons. The van der Waals surface area contributed by atoms with E-state index in [1.807, 2.05) is 0 Å². The lowest BCUT2D eigenvalue weighted by Gasteiger charge is -2.07. The first-order valence-corrected chi connectivity index (χ1v) is 7.78. The number of benzene rings is 1. The van der Waals surface area contributed by atoms with Crippen LogP contribution in [0.15, 0.2) is 28.9 Å². The second-order valence-corrected chi connectivity index (χ2v) is 6.40. The number of hydrogen-bond donors (Lipinski definition) is 1. The molecule has 0 saturated carbocycles. The van der Waals surface area contributed by atoms with Crippen molar-refractivity contribution in [2.24, 2.45) is 0 Å². The number of fused-ring (bicyclic) bond motifs is 1. The molecular weight excluding hydrogens is 313 g/mol. The van der Waals surface area contributed by atoms with E-state index in [4.69, 9.17) is 0 Å². The third kappa shape index (κ3) is 3.19. The number of rotatable bonds is 4. The Morgan fingerprint density at radius 1 is 1.52 bits per heavy atom. The fraction of sp³-hybridized carbons (Fsp3) is 0.167. The number of anilines is 1. The fourth-order valence-electron chi connectivity index (χ4n) is 1.68. The van der Waals surface area contributed by atoms with Crippen molar-refractivity contribution in [3.05, 3.63) is 35.9 Å². The van der Waals surface area contributed by atoms with Gasteiger partial charge in [-0.25, -0.2) is 4.39 Å². The summed E-state index contributed by atoms with van der Waals surface area (Å²) in [6, 6.07) is 4.25. The zero-order valence-corrected chi connectivity index (χ0v) is 12.5. The van der Waals surface area contributed by atoms with Crippen LogP contribution in [-0.4, -0.2) is 31.5 Å². The van der Waals surface area contributed by atoms with Gasteiger partial charge in [0.25, 0.3) is 0 Å². The molecule has 0 saturated heterocycles. The molecule has 1 N–H and O–H groups in total. The van der Waals surface area contributed by atoms with Crippen molar-refractivity contribution < 1.29 is 9.18 Å². The standard InChI is InChI=1S/C12H10FN5OS2/c1-7-4-8(13)2-3-9(7)15-10(19)5-20-12-17-18-6-14-16-11(18)21-12/h2-4,6H,5H2,1H3,(H,15,19). The first kappa shape index (κ1) is 14.0. The largest absolute Gasteiger partial charge is 0.325 e. The Bertz CT molecular complexity index is 771. The summed E-state index contributed by atoms with van der Waals surface area (Å²) in [5.41, 5.74) is 1.30. The summed E-state index contributed by atoms with van der Waals surface area (Å²) >= 11 is 2.69. The van der Waals surface area contributed by atoms with Gasteiger partial charge in [-0.05, 0) is 30.7 Å². The molecule has 0 aliphatic heterocycles. The number of nitrogens with one attached hydrogen (secondary N) is 1. The second kappa shape index (κ2) is 5.78. The van der Waals surface area contributed by atoms with E-state index < -0.39 is 0 Å². The van der Waals surface area contributed by atoms with E-state index in [9.17, 15) is 9.18 Å². The van der Waals surface area contributed by atoms with E-state index in [2.05, 4.69) is 20.6 Å². The summed E-state index contributed by atoms with van der Waals surface area (Å²) in [6.07, 6.45) is 1.51. The van der Waals surface area contributed by atoms with Gasteiger partial charge >= 0.3 is 0 Å². The van der Waals surface area contributed by atoms with Crippen LogP contribution >= 0.6 is 23.1 Å². The topological polar surface area (TPSA) is 72.2 Å². The molecule has 9 heteroatoms. The average molecular weight is 323 g/mol. The van der Waals surface area contributed by atoms with Crippen LogP contribution in [0, 0.1) is 12.7 Å². The first-order chi connectivity index (χ1) is 10.1. The molecule has 3 aromatic rings. The number of carbonyl (C=O) groups is 1. The summed E-state index contributed by atoms with van der Waals surface area (Å²) in [4.78, 5) is 12.6. The number of aromatic nitrogens is 4. The van der Waals surface area contributed by atoms with Gasteiger partial charge < -0.3 is 5.32 Å². The van der Waals surface area contributed by atoms with Gasteiger partial charge in [0, 0.05) is 5.69 Å². The third-order valence-corrected chi connectivity index (χ3v) is 4.70. The lowest BCUT2D eigenvalue weighted by atomic mass is 10.2. The Morgan fingerprint density at radius 3 is 3.14 bits per heavy atom. The van der Waals surface area contributed by atoms with Crippen LogP contribution in [0.2, 0.25) is 0 Å². The molecule has 1 aromatic carbocycles. The highest BCUT2D eigenvalue weighted by Crippen LogP contribution is 2.24. The van der Waals surface area contributed by atoms with Gasteiger partial charge in [0.15, 0.2) is 4.34 Å². The van der Waals surface area contributed by atoms with Gasteiger partial charge in [-0.15, -0.1) is 15.3 Å². The number of hydrogen-bond acceptors (Lipinski definition) is 6. The number of aryl methyl sites for hydroxylation is 1. The minimum atomic E-state index is -0.320. The Labute approximate surface area is 127 Å². The molecule has 1 amide bonds. The van der Waals surface area contributed by atoms with Crippen molar-refractivity contribution in [3.63, 3.8) is 0 Å². The minimum absolute atomic E-state index is 0.166. The van der Waals surface area contributed by atoms with Gasteiger partial charge in [-0.1, -0.05) is 23.1 Å². The van der Waals surface area contributed by atoms with Crippen LogP contribution in [0.3, 0.4) is 0 Å². The summed E-state index contributed by atoms with van der Waals surface area (Å²) in [6.45, 7) is 1.74. The lowest BCUT2D eigenvalue weighted by molar-refractivity contribution is -0.113. The lowest BCUT2D eigenvalue weighted by Crippen LogP contribution is -2.14. The molecule has 0 radical (unpaired) electrons. The maximum Gasteiger partial charge on any atom is 0.235 e. The van der Waals surface area contributed by atoms with Gasteiger partial charge in [0.05, 0.1) is 5.75 Å². The smallest absolute Gasteiger partial charge is 0.235 e. The van der Waals surface area contributed by atoms with Crippen LogP contribution in [0.5, 0.6) is 0 Å². The zero-order chi connectivity index (χ0) is 14.8. The van der Waals surface area contributed by atoms with Gasteiger partial charge in [-0.2, -0.15) is 4.52 Å². The SMILES string of the molecule is Cc1cc(F)ccc1NC(=O)CSc1nn2cnnc2s1. The number of halogens is 1. The Morgan fingerprint density at radius 2 is 2.38 bits per heavy atom. The molecule has 0 aliphatic rings. The molecule has 2 aromatic heterocycles. The van der Waals surface area contributed by atoms with Crippen molar-refractivity contribution in [1.82, 2.24) is 19.8 Å².